The third-order valence-corrected chi connectivity index (χ3v) is 1.83. The minimum atomic E-state index is -0.233. The molecule has 0 aliphatic heterocycles. The van der Waals surface area contributed by atoms with E-state index in [9.17, 15) is 4.79 Å². The van der Waals surface area contributed by atoms with Gasteiger partial charge in [0, 0.05) is 12.4 Å². The molecule has 0 unspecified atom stereocenters. The molecule has 5 heteroatoms. The number of aromatic nitrogens is 3. The van der Waals surface area contributed by atoms with Crippen LogP contribution in [0.25, 0.3) is 0 Å². The third-order valence-electron chi connectivity index (χ3n) is 1.83. The van der Waals surface area contributed by atoms with Gasteiger partial charge in [-0.2, -0.15) is 0 Å². The lowest BCUT2D eigenvalue weighted by atomic mass is 10.1. The molecule has 0 aromatic carbocycles. The first-order valence-electron chi connectivity index (χ1n) is 4.29. The Morgan fingerprint density at radius 1 is 1.20 bits per heavy atom. The number of carbonyl (C=O) groups is 1. The van der Waals surface area contributed by atoms with Crippen molar-refractivity contribution < 1.29 is 4.79 Å². The van der Waals surface area contributed by atoms with E-state index < -0.39 is 0 Å². The molecule has 0 radical (unpaired) electrons. The van der Waals surface area contributed by atoms with Gasteiger partial charge in [-0.05, 0) is 12.1 Å². The second-order valence-corrected chi connectivity index (χ2v) is 2.90. The molecule has 2 heterocycles. The number of hydrogen-bond acceptors (Lipinski definition) is 5. The maximum Gasteiger partial charge on any atom is 0.214 e. The average molecular weight is 200 g/mol. The number of ketones is 1. The first-order valence-corrected chi connectivity index (χ1v) is 4.29. The van der Waals surface area contributed by atoms with E-state index in [4.69, 9.17) is 5.73 Å². The van der Waals surface area contributed by atoms with Gasteiger partial charge in [0.05, 0.1) is 5.56 Å². The van der Waals surface area contributed by atoms with Gasteiger partial charge < -0.3 is 5.73 Å². The molecule has 2 rings (SSSR count). The largest absolute Gasteiger partial charge is 0.384 e. The van der Waals surface area contributed by atoms with Gasteiger partial charge in [-0.3, -0.25) is 4.79 Å². The van der Waals surface area contributed by atoms with Crippen LogP contribution in [-0.2, 0) is 0 Å². The van der Waals surface area contributed by atoms with Gasteiger partial charge >= 0.3 is 0 Å². The van der Waals surface area contributed by atoms with Crippen molar-refractivity contribution in [3.05, 3.63) is 48.2 Å². The molecule has 0 bridgehead atoms. The number of anilines is 1. The van der Waals surface area contributed by atoms with Crippen LogP contribution >= 0.6 is 0 Å². The molecule has 0 fully saturated rings. The highest BCUT2D eigenvalue weighted by atomic mass is 16.1. The van der Waals surface area contributed by atoms with Gasteiger partial charge in [0.15, 0.2) is 0 Å². The van der Waals surface area contributed by atoms with E-state index in [1.165, 1.54) is 18.7 Å². The summed E-state index contributed by atoms with van der Waals surface area (Å²) in [6, 6.07) is 4.91. The highest BCUT2D eigenvalue weighted by molar-refractivity contribution is 6.07. The van der Waals surface area contributed by atoms with E-state index in [2.05, 4.69) is 15.0 Å². The Kier molecular flexibility index (Phi) is 2.37. The SMILES string of the molecule is Nc1cccc(C(=O)c2cncnc2)n1. The highest BCUT2D eigenvalue weighted by Gasteiger charge is 2.10. The molecular formula is C10H8N4O. The number of nitrogen functional groups attached to an aromatic ring is 1. The maximum atomic E-state index is 11.8. The summed E-state index contributed by atoms with van der Waals surface area (Å²) in [5, 5.41) is 0. The van der Waals surface area contributed by atoms with Crippen LogP contribution in [0.15, 0.2) is 36.9 Å². The lowest BCUT2D eigenvalue weighted by molar-refractivity contribution is 0.103. The Morgan fingerprint density at radius 3 is 2.60 bits per heavy atom. The van der Waals surface area contributed by atoms with Crippen molar-refractivity contribution in [2.45, 2.75) is 0 Å². The fourth-order valence-electron chi connectivity index (χ4n) is 1.14. The molecule has 0 amide bonds. The predicted octanol–water partition coefficient (Wildman–Crippen LogP) is 0.685. The second-order valence-electron chi connectivity index (χ2n) is 2.90. The van der Waals surface area contributed by atoms with Gasteiger partial charge in [0.2, 0.25) is 5.78 Å². The van der Waals surface area contributed by atoms with E-state index in [0.717, 1.165) is 0 Å². The molecule has 15 heavy (non-hydrogen) atoms. The van der Waals surface area contributed by atoms with Crippen molar-refractivity contribution in [1.29, 1.82) is 0 Å². The van der Waals surface area contributed by atoms with E-state index in [1.807, 2.05) is 0 Å². The van der Waals surface area contributed by atoms with Crippen LogP contribution in [0.3, 0.4) is 0 Å². The van der Waals surface area contributed by atoms with Gasteiger partial charge in [0.1, 0.15) is 17.8 Å². The Morgan fingerprint density at radius 2 is 1.93 bits per heavy atom. The maximum absolute atomic E-state index is 11.8. The number of nitrogens with zero attached hydrogens (tertiary/aromatic N) is 3. The Balaban J connectivity index is 2.37. The number of carbonyl (C=O) groups excluding carboxylic acids is 1. The smallest absolute Gasteiger partial charge is 0.214 e. The van der Waals surface area contributed by atoms with Crippen LogP contribution in [0.4, 0.5) is 5.82 Å². The third kappa shape index (κ3) is 1.96. The van der Waals surface area contributed by atoms with Crippen LogP contribution in [0.5, 0.6) is 0 Å². The van der Waals surface area contributed by atoms with Crippen molar-refractivity contribution in [3.8, 4) is 0 Å². The summed E-state index contributed by atoms with van der Waals surface area (Å²) >= 11 is 0. The van der Waals surface area contributed by atoms with Crippen molar-refractivity contribution in [3.63, 3.8) is 0 Å². The van der Waals surface area contributed by atoms with Gasteiger partial charge in [0.25, 0.3) is 0 Å². The standard InChI is InChI=1S/C10H8N4O/c11-9-3-1-2-8(14-9)10(15)7-4-12-6-13-5-7/h1-6H,(H2,11,14). The minimum Gasteiger partial charge on any atom is -0.384 e. The predicted molar refractivity (Wildman–Crippen MR) is 54.1 cm³/mol. The second kappa shape index (κ2) is 3.83. The number of hydrogen-bond donors (Lipinski definition) is 1. The van der Waals surface area contributed by atoms with Gasteiger partial charge in [-0.1, -0.05) is 6.07 Å². The fourth-order valence-corrected chi connectivity index (χ4v) is 1.14. The van der Waals surface area contributed by atoms with E-state index in [0.29, 0.717) is 17.1 Å². The number of pyridine rings is 1. The molecular weight excluding hydrogens is 192 g/mol. The lowest BCUT2D eigenvalue weighted by Crippen LogP contribution is -2.06. The summed E-state index contributed by atoms with van der Waals surface area (Å²) in [6.45, 7) is 0. The lowest BCUT2D eigenvalue weighted by Gasteiger charge is -1.99. The van der Waals surface area contributed by atoms with Crippen molar-refractivity contribution in [1.82, 2.24) is 15.0 Å². The topological polar surface area (TPSA) is 81.8 Å². The average Bonchev–Trinajstić information content (AvgIpc) is 2.29. The zero-order chi connectivity index (χ0) is 10.7. The van der Waals surface area contributed by atoms with Crippen LogP contribution in [0.1, 0.15) is 16.1 Å². The molecule has 2 N–H and O–H groups in total. The molecule has 0 aliphatic rings. The summed E-state index contributed by atoms with van der Waals surface area (Å²) < 4.78 is 0. The molecule has 74 valence electrons. The first kappa shape index (κ1) is 9.26. The van der Waals surface area contributed by atoms with Crippen molar-refractivity contribution >= 4 is 11.6 Å². The summed E-state index contributed by atoms with van der Waals surface area (Å²) in [5.41, 5.74) is 6.17. The van der Waals surface area contributed by atoms with Crippen LogP contribution in [-0.4, -0.2) is 20.7 Å². The number of rotatable bonds is 2. The van der Waals surface area contributed by atoms with Crippen LogP contribution in [0, 0.1) is 0 Å². The van der Waals surface area contributed by atoms with Gasteiger partial charge in [-0.25, -0.2) is 15.0 Å². The molecule has 0 aliphatic carbocycles. The summed E-state index contributed by atoms with van der Waals surface area (Å²) in [5.74, 6) is 0.0839. The Bertz CT molecular complexity index is 484. The zero-order valence-corrected chi connectivity index (χ0v) is 7.79. The van der Waals surface area contributed by atoms with Crippen LogP contribution < -0.4 is 5.73 Å². The fraction of sp³-hybridized carbons (Fsp3) is 0. The molecule has 0 saturated heterocycles. The quantitative estimate of drug-likeness (QED) is 0.721. The van der Waals surface area contributed by atoms with E-state index in [-0.39, 0.29) is 5.78 Å². The van der Waals surface area contributed by atoms with Gasteiger partial charge in [-0.15, -0.1) is 0 Å². The first-order chi connectivity index (χ1) is 7.27. The summed E-state index contributed by atoms with van der Waals surface area (Å²) in [4.78, 5) is 23.2. The summed E-state index contributed by atoms with van der Waals surface area (Å²) in [6.07, 6.45) is 4.25. The summed E-state index contributed by atoms with van der Waals surface area (Å²) in [7, 11) is 0. The monoisotopic (exact) mass is 200 g/mol. The van der Waals surface area contributed by atoms with Crippen LogP contribution in [0.2, 0.25) is 0 Å². The van der Waals surface area contributed by atoms with E-state index in [1.54, 1.807) is 18.2 Å². The molecule has 2 aromatic rings. The van der Waals surface area contributed by atoms with Crippen molar-refractivity contribution in [2.75, 3.05) is 5.73 Å². The molecule has 5 nitrogen and oxygen atoms in total. The Hall–Kier alpha value is -2.30. The molecule has 0 atom stereocenters. The highest BCUT2D eigenvalue weighted by Crippen LogP contribution is 2.06. The normalized spacial score (nSPS) is 9.87. The zero-order valence-electron chi connectivity index (χ0n) is 7.79. The Labute approximate surface area is 86.0 Å². The number of nitrogens with two attached hydrogens (primary N) is 1. The molecule has 2 aromatic heterocycles. The molecule has 0 spiro atoms. The minimum absolute atomic E-state index is 0.233. The van der Waals surface area contributed by atoms with E-state index >= 15 is 0 Å². The van der Waals surface area contributed by atoms with Crippen molar-refractivity contribution in [2.24, 2.45) is 0 Å². The molecule has 0 saturated carbocycles.